The first kappa shape index (κ1) is 55.4. The molecule has 6 nitrogen and oxygen atoms in total. The van der Waals surface area contributed by atoms with Gasteiger partial charge in [-0.2, -0.15) is 0 Å². The zero-order valence-electron chi connectivity index (χ0n) is 39.0. The zero-order valence-corrected chi connectivity index (χ0v) is 39.0. The molecule has 0 unspecified atom stereocenters. The highest BCUT2D eigenvalue weighted by atomic mass is 16.6. The molecule has 0 aromatic heterocycles. The van der Waals surface area contributed by atoms with Crippen molar-refractivity contribution in [3.63, 3.8) is 0 Å². The monoisotopic (exact) mass is 807 g/mol. The van der Waals surface area contributed by atoms with Gasteiger partial charge in [-0.15, -0.1) is 0 Å². The van der Waals surface area contributed by atoms with Crippen molar-refractivity contribution in [2.24, 2.45) is 11.8 Å². The molecule has 6 heteroatoms. The number of esters is 3. The van der Waals surface area contributed by atoms with Crippen molar-refractivity contribution in [1.29, 1.82) is 0 Å². The molecule has 338 valence electrons. The highest BCUT2D eigenvalue weighted by Crippen LogP contribution is 2.17. The van der Waals surface area contributed by atoms with Crippen LogP contribution >= 0.6 is 0 Å². The Morgan fingerprint density at radius 1 is 0.333 bits per heavy atom. The normalized spacial score (nSPS) is 12.1. The van der Waals surface area contributed by atoms with E-state index in [1.165, 1.54) is 167 Å². The second-order valence-electron chi connectivity index (χ2n) is 18.4. The van der Waals surface area contributed by atoms with E-state index < -0.39 is 6.10 Å². The van der Waals surface area contributed by atoms with E-state index in [1.54, 1.807) is 0 Å². The Hall–Kier alpha value is -1.59. The number of hydrogen-bond donors (Lipinski definition) is 0. The molecule has 0 aliphatic carbocycles. The summed E-state index contributed by atoms with van der Waals surface area (Å²) in [7, 11) is 0. The summed E-state index contributed by atoms with van der Waals surface area (Å²) < 4.78 is 16.8. The van der Waals surface area contributed by atoms with Gasteiger partial charge in [0.1, 0.15) is 13.2 Å². The van der Waals surface area contributed by atoms with Gasteiger partial charge in [0.15, 0.2) is 6.10 Å². The van der Waals surface area contributed by atoms with E-state index in [2.05, 4.69) is 34.6 Å². The highest BCUT2D eigenvalue weighted by molar-refractivity contribution is 5.71. The molecule has 0 fully saturated rings. The predicted octanol–water partition coefficient (Wildman–Crippen LogP) is 16.1. The molecule has 57 heavy (non-hydrogen) atoms. The van der Waals surface area contributed by atoms with E-state index in [9.17, 15) is 14.4 Å². The standard InChI is InChI=1S/C51H98O6/c1-6-7-8-9-10-19-26-31-36-41-49(52)55-44-48(57-51(54)43-38-33-28-23-18-14-12-16-21-25-30-35-40-47(4)5)45-56-50(53)42-37-32-27-22-17-13-11-15-20-24-29-34-39-46(2)3/h46-48H,6-45H2,1-5H3/t48-/m0/s1. The molecule has 0 rings (SSSR count). The van der Waals surface area contributed by atoms with Crippen LogP contribution in [0.2, 0.25) is 0 Å². The summed E-state index contributed by atoms with van der Waals surface area (Å²) in [5, 5.41) is 0. The minimum atomic E-state index is -0.760. The first-order chi connectivity index (χ1) is 27.7. The van der Waals surface area contributed by atoms with E-state index in [-0.39, 0.29) is 31.1 Å². The van der Waals surface area contributed by atoms with Crippen LogP contribution in [0, 0.1) is 11.8 Å². The molecule has 0 radical (unpaired) electrons. The second kappa shape index (κ2) is 44.0. The largest absolute Gasteiger partial charge is 0.462 e. The molecule has 0 aliphatic rings. The molecule has 1 atom stereocenters. The Kier molecular flexibility index (Phi) is 42.7. The number of hydrogen-bond acceptors (Lipinski definition) is 6. The SMILES string of the molecule is CCCCCCCCCCCC(=O)OC[C@@H](COC(=O)CCCCCCCCCCCCCCC(C)C)OC(=O)CCCCCCCCCCCCCCC(C)C. The third kappa shape index (κ3) is 45.3. The fourth-order valence-electron chi connectivity index (χ4n) is 7.64. The molecule has 0 amide bonds. The number of carbonyl (C=O) groups excluding carboxylic acids is 3. The van der Waals surface area contributed by atoms with Crippen molar-refractivity contribution >= 4 is 17.9 Å². The van der Waals surface area contributed by atoms with Crippen LogP contribution in [0.4, 0.5) is 0 Å². The average molecular weight is 807 g/mol. The van der Waals surface area contributed by atoms with Crippen molar-refractivity contribution in [2.75, 3.05) is 13.2 Å². The highest BCUT2D eigenvalue weighted by Gasteiger charge is 2.19. The molecular weight excluding hydrogens is 709 g/mol. The van der Waals surface area contributed by atoms with Crippen LogP contribution in [-0.4, -0.2) is 37.2 Å². The molecule has 0 saturated heterocycles. The summed E-state index contributed by atoms with van der Waals surface area (Å²) >= 11 is 0. The molecule has 0 N–H and O–H groups in total. The van der Waals surface area contributed by atoms with Gasteiger partial charge in [-0.25, -0.2) is 0 Å². The maximum Gasteiger partial charge on any atom is 0.306 e. The summed E-state index contributed by atoms with van der Waals surface area (Å²) in [6.07, 6.45) is 43.7. The van der Waals surface area contributed by atoms with Gasteiger partial charge in [0, 0.05) is 19.3 Å². The van der Waals surface area contributed by atoms with Crippen LogP contribution in [0.5, 0.6) is 0 Å². The smallest absolute Gasteiger partial charge is 0.306 e. The average Bonchev–Trinajstić information content (AvgIpc) is 3.18. The summed E-state index contributed by atoms with van der Waals surface area (Å²) in [6, 6.07) is 0. The predicted molar refractivity (Wildman–Crippen MR) is 243 cm³/mol. The summed E-state index contributed by atoms with van der Waals surface area (Å²) in [5.74, 6) is 0.814. The molecule has 0 aromatic carbocycles. The number of rotatable bonds is 45. The first-order valence-corrected chi connectivity index (χ1v) is 25.2. The summed E-state index contributed by atoms with van der Waals surface area (Å²) in [5.41, 5.74) is 0. The lowest BCUT2D eigenvalue weighted by molar-refractivity contribution is -0.167. The molecular formula is C51H98O6. The van der Waals surface area contributed by atoms with Crippen LogP contribution in [0.25, 0.3) is 0 Å². The van der Waals surface area contributed by atoms with Crippen molar-refractivity contribution in [2.45, 2.75) is 285 Å². The Balaban J connectivity index is 4.28. The summed E-state index contributed by atoms with van der Waals surface area (Å²) in [4.78, 5) is 37.8. The van der Waals surface area contributed by atoms with E-state index in [1.807, 2.05) is 0 Å². The van der Waals surface area contributed by atoms with Crippen molar-refractivity contribution in [3.05, 3.63) is 0 Å². The Morgan fingerprint density at radius 3 is 0.860 bits per heavy atom. The minimum absolute atomic E-state index is 0.0639. The molecule has 0 aromatic rings. The molecule has 0 bridgehead atoms. The van der Waals surface area contributed by atoms with Crippen LogP contribution in [0.1, 0.15) is 279 Å². The lowest BCUT2D eigenvalue weighted by atomic mass is 10.0. The van der Waals surface area contributed by atoms with Crippen LogP contribution in [0.3, 0.4) is 0 Å². The fourth-order valence-corrected chi connectivity index (χ4v) is 7.64. The fraction of sp³-hybridized carbons (Fsp3) is 0.941. The number of carbonyl (C=O) groups is 3. The second-order valence-corrected chi connectivity index (χ2v) is 18.4. The van der Waals surface area contributed by atoms with Gasteiger partial charge in [0.05, 0.1) is 0 Å². The third-order valence-corrected chi connectivity index (χ3v) is 11.5. The van der Waals surface area contributed by atoms with E-state index in [4.69, 9.17) is 14.2 Å². The Morgan fingerprint density at radius 2 is 0.579 bits per heavy atom. The number of ether oxygens (including phenoxy) is 3. The maximum atomic E-state index is 12.8. The van der Waals surface area contributed by atoms with Gasteiger partial charge in [0.2, 0.25) is 0 Å². The molecule has 0 heterocycles. The van der Waals surface area contributed by atoms with Crippen LogP contribution < -0.4 is 0 Å². The van der Waals surface area contributed by atoms with Gasteiger partial charge >= 0.3 is 17.9 Å². The van der Waals surface area contributed by atoms with Crippen molar-refractivity contribution in [3.8, 4) is 0 Å². The topological polar surface area (TPSA) is 78.9 Å². The van der Waals surface area contributed by atoms with E-state index in [0.29, 0.717) is 19.3 Å². The number of unbranched alkanes of at least 4 members (excludes halogenated alkanes) is 30. The maximum absolute atomic E-state index is 12.8. The van der Waals surface area contributed by atoms with Gasteiger partial charge in [0.25, 0.3) is 0 Å². The lowest BCUT2D eigenvalue weighted by Crippen LogP contribution is -2.30. The Labute approximate surface area is 355 Å². The van der Waals surface area contributed by atoms with Gasteiger partial charge in [-0.1, -0.05) is 240 Å². The molecule has 0 saturated carbocycles. The van der Waals surface area contributed by atoms with Gasteiger partial charge in [-0.05, 0) is 31.1 Å². The van der Waals surface area contributed by atoms with Crippen LogP contribution in [-0.2, 0) is 28.6 Å². The van der Waals surface area contributed by atoms with Crippen molar-refractivity contribution in [1.82, 2.24) is 0 Å². The third-order valence-electron chi connectivity index (χ3n) is 11.5. The minimum Gasteiger partial charge on any atom is -0.462 e. The quantitative estimate of drug-likeness (QED) is 0.0346. The van der Waals surface area contributed by atoms with Crippen molar-refractivity contribution < 1.29 is 28.6 Å². The van der Waals surface area contributed by atoms with Gasteiger partial charge < -0.3 is 14.2 Å². The lowest BCUT2D eigenvalue weighted by Gasteiger charge is -2.18. The van der Waals surface area contributed by atoms with Crippen LogP contribution in [0.15, 0.2) is 0 Å². The zero-order chi connectivity index (χ0) is 41.9. The Bertz CT molecular complexity index is 870. The van der Waals surface area contributed by atoms with Gasteiger partial charge in [-0.3, -0.25) is 14.4 Å². The van der Waals surface area contributed by atoms with E-state index in [0.717, 1.165) is 69.6 Å². The molecule has 0 aliphatic heterocycles. The molecule has 0 spiro atoms. The van der Waals surface area contributed by atoms with E-state index >= 15 is 0 Å². The summed E-state index contributed by atoms with van der Waals surface area (Å²) in [6.45, 7) is 11.4. The first-order valence-electron chi connectivity index (χ1n) is 25.2.